The quantitative estimate of drug-likeness (QED) is 0.243. The van der Waals surface area contributed by atoms with E-state index in [9.17, 15) is 4.79 Å². The molecule has 0 amide bonds. The SMILES string of the molecule is COC(=O)C1(C[P+](c2ccccc2)(c2ccccc2)c2ccccc2)N=CC(c2ccccc2)=N1.Cl.[Br-]. The summed E-state index contributed by atoms with van der Waals surface area (Å²) in [4.78, 5) is 23.2. The summed E-state index contributed by atoms with van der Waals surface area (Å²) < 4.78 is 5.33. The van der Waals surface area contributed by atoms with Gasteiger partial charge in [0.15, 0.2) is 0 Å². The Labute approximate surface area is 235 Å². The van der Waals surface area contributed by atoms with Gasteiger partial charge >= 0.3 is 5.97 Å². The number of benzene rings is 4. The Morgan fingerprint density at radius 2 is 1.14 bits per heavy atom. The summed E-state index contributed by atoms with van der Waals surface area (Å²) in [7, 11) is -0.969. The van der Waals surface area contributed by atoms with Crippen molar-refractivity contribution in [1.82, 2.24) is 0 Å². The second-order valence-corrected chi connectivity index (χ2v) is 11.9. The zero-order valence-electron chi connectivity index (χ0n) is 20.3. The summed E-state index contributed by atoms with van der Waals surface area (Å²) >= 11 is 0. The highest BCUT2D eigenvalue weighted by Crippen LogP contribution is 2.58. The number of carbonyl (C=O) groups is 1. The molecule has 0 fully saturated rings. The van der Waals surface area contributed by atoms with Crippen LogP contribution in [-0.2, 0) is 9.53 Å². The van der Waals surface area contributed by atoms with Crippen molar-refractivity contribution in [2.75, 3.05) is 13.3 Å². The van der Waals surface area contributed by atoms with Crippen molar-refractivity contribution in [1.29, 1.82) is 0 Å². The molecule has 5 rings (SSSR count). The molecule has 7 heteroatoms. The van der Waals surface area contributed by atoms with E-state index in [0.29, 0.717) is 11.9 Å². The molecule has 0 aliphatic carbocycles. The van der Waals surface area contributed by atoms with Gasteiger partial charge in [-0.1, -0.05) is 84.9 Å². The molecule has 4 aromatic rings. The lowest BCUT2D eigenvalue weighted by atomic mass is 10.1. The van der Waals surface area contributed by atoms with Crippen LogP contribution in [-0.4, -0.2) is 36.8 Å². The smallest absolute Gasteiger partial charge is 0.360 e. The largest absolute Gasteiger partial charge is 1.00 e. The average Bonchev–Trinajstić information content (AvgIpc) is 3.38. The van der Waals surface area contributed by atoms with Crippen LogP contribution in [0.1, 0.15) is 5.56 Å². The summed E-state index contributed by atoms with van der Waals surface area (Å²) in [6, 6.07) is 41.1. The highest BCUT2D eigenvalue weighted by atomic mass is 79.9. The van der Waals surface area contributed by atoms with Crippen LogP contribution in [0.5, 0.6) is 0 Å². The van der Waals surface area contributed by atoms with Gasteiger partial charge in [-0.2, -0.15) is 0 Å². The van der Waals surface area contributed by atoms with Crippen molar-refractivity contribution in [2.24, 2.45) is 9.98 Å². The van der Waals surface area contributed by atoms with Gasteiger partial charge in [-0.3, -0.25) is 0 Å². The fourth-order valence-electron chi connectivity index (χ4n) is 4.67. The molecule has 4 aromatic carbocycles. The number of hydrogen-bond acceptors (Lipinski definition) is 4. The van der Waals surface area contributed by atoms with E-state index in [4.69, 9.17) is 14.7 Å². The first-order valence-electron chi connectivity index (χ1n) is 11.5. The number of rotatable bonds is 7. The van der Waals surface area contributed by atoms with E-state index in [0.717, 1.165) is 5.56 Å². The highest BCUT2D eigenvalue weighted by molar-refractivity contribution is 7.95. The van der Waals surface area contributed by atoms with E-state index in [-0.39, 0.29) is 29.4 Å². The molecule has 0 spiro atoms. The molecule has 1 heterocycles. The molecule has 1 atom stereocenters. The molecule has 37 heavy (non-hydrogen) atoms. The normalized spacial score (nSPS) is 16.2. The molecule has 0 saturated heterocycles. The third-order valence-electron chi connectivity index (χ3n) is 6.34. The maximum absolute atomic E-state index is 13.5. The minimum Gasteiger partial charge on any atom is -1.00 e. The van der Waals surface area contributed by atoms with Gasteiger partial charge in [0.1, 0.15) is 29.3 Å². The average molecular weight is 594 g/mol. The van der Waals surface area contributed by atoms with Gasteiger partial charge in [-0.15, -0.1) is 12.4 Å². The van der Waals surface area contributed by atoms with E-state index >= 15 is 0 Å². The Bertz CT molecular complexity index is 1270. The van der Waals surface area contributed by atoms with Crippen molar-refractivity contribution < 1.29 is 26.5 Å². The lowest BCUT2D eigenvalue weighted by Crippen LogP contribution is -3.00. The predicted octanol–water partition coefficient (Wildman–Crippen LogP) is 1.85. The van der Waals surface area contributed by atoms with Gasteiger partial charge in [0.2, 0.25) is 0 Å². The molecule has 0 radical (unpaired) electrons. The summed E-state index contributed by atoms with van der Waals surface area (Å²) in [5.74, 6) is -0.452. The van der Waals surface area contributed by atoms with Crippen LogP contribution in [0, 0.1) is 0 Å². The van der Waals surface area contributed by atoms with Crippen LogP contribution >= 0.6 is 19.7 Å². The maximum Gasteiger partial charge on any atom is 0.360 e. The Morgan fingerprint density at radius 1 is 0.730 bits per heavy atom. The Hall–Kier alpha value is -3.11. The molecule has 0 N–H and O–H groups in total. The molecule has 4 nitrogen and oxygen atoms in total. The number of esters is 1. The third-order valence-corrected chi connectivity index (χ3v) is 10.8. The van der Waals surface area contributed by atoms with Crippen LogP contribution in [0.15, 0.2) is 131 Å². The van der Waals surface area contributed by atoms with Gasteiger partial charge in [-0.05, 0) is 36.4 Å². The fraction of sp³-hybridized carbons (Fsp3) is 0.100. The van der Waals surface area contributed by atoms with Crippen LogP contribution in [0.2, 0.25) is 0 Å². The van der Waals surface area contributed by atoms with Crippen molar-refractivity contribution >= 4 is 53.5 Å². The number of methoxy groups -OCH3 is 1. The molecular weight excluding hydrogens is 567 g/mol. The molecular formula is C30H27BrClN2O2P. The second kappa shape index (κ2) is 12.4. The van der Waals surface area contributed by atoms with E-state index in [1.807, 2.05) is 48.5 Å². The van der Waals surface area contributed by atoms with Crippen LogP contribution in [0.3, 0.4) is 0 Å². The topological polar surface area (TPSA) is 51.0 Å². The molecule has 1 unspecified atom stereocenters. The van der Waals surface area contributed by atoms with Crippen molar-refractivity contribution in [3.63, 3.8) is 0 Å². The summed E-state index contributed by atoms with van der Waals surface area (Å²) in [5, 5.41) is 3.50. The maximum atomic E-state index is 13.5. The second-order valence-electron chi connectivity index (χ2n) is 8.40. The van der Waals surface area contributed by atoms with E-state index < -0.39 is 18.9 Å². The van der Waals surface area contributed by atoms with Gasteiger partial charge < -0.3 is 21.7 Å². The number of halogens is 2. The zero-order valence-corrected chi connectivity index (χ0v) is 23.6. The highest BCUT2D eigenvalue weighted by Gasteiger charge is 2.57. The first-order valence-corrected chi connectivity index (χ1v) is 13.5. The summed E-state index contributed by atoms with van der Waals surface area (Å²) in [6.07, 6.45) is 2.10. The van der Waals surface area contributed by atoms with E-state index in [1.54, 1.807) is 6.21 Å². The Morgan fingerprint density at radius 3 is 1.54 bits per heavy atom. The standard InChI is InChI=1S/C30H26N2O2P.BrH.ClH/c1-34-29(33)30(31-22-28(32-30)24-14-6-2-7-15-24)23-35(25-16-8-3-9-17-25,26-18-10-4-11-19-26)27-20-12-5-13-21-27;;/h2-22H,23H2,1H3;2*1H/q+1;;/p-1. The molecule has 0 saturated carbocycles. The Balaban J connectivity index is 0.00000190. The lowest BCUT2D eigenvalue weighted by molar-refractivity contribution is -0.145. The predicted molar refractivity (Wildman–Crippen MR) is 153 cm³/mol. The van der Waals surface area contributed by atoms with Crippen molar-refractivity contribution in [3.8, 4) is 0 Å². The summed E-state index contributed by atoms with van der Waals surface area (Å²) in [6.45, 7) is 0. The Kier molecular flexibility index (Phi) is 9.56. The van der Waals surface area contributed by atoms with E-state index in [1.165, 1.54) is 23.0 Å². The lowest BCUT2D eigenvalue weighted by Gasteiger charge is -2.32. The molecule has 0 aromatic heterocycles. The number of hydrogen-bond donors (Lipinski definition) is 0. The van der Waals surface area contributed by atoms with E-state index in [2.05, 4.69) is 72.8 Å². The van der Waals surface area contributed by atoms with Crippen LogP contribution in [0.4, 0.5) is 0 Å². The van der Waals surface area contributed by atoms with Gasteiger partial charge in [0.05, 0.1) is 19.0 Å². The van der Waals surface area contributed by atoms with Gasteiger partial charge in [0.25, 0.3) is 5.66 Å². The number of nitrogens with zero attached hydrogens (tertiary/aromatic N) is 2. The molecule has 0 bridgehead atoms. The van der Waals surface area contributed by atoms with Gasteiger partial charge in [0, 0.05) is 5.56 Å². The minimum atomic E-state index is -2.37. The third kappa shape index (κ3) is 5.45. The molecule has 1 aliphatic heterocycles. The monoisotopic (exact) mass is 592 g/mol. The number of ether oxygens (including phenoxy) is 1. The van der Waals surface area contributed by atoms with Crippen molar-refractivity contribution in [3.05, 3.63) is 127 Å². The molecule has 1 aliphatic rings. The summed E-state index contributed by atoms with van der Waals surface area (Å²) in [5.41, 5.74) is 0.225. The van der Waals surface area contributed by atoms with Gasteiger partial charge in [-0.25, -0.2) is 14.8 Å². The fourth-order valence-corrected chi connectivity index (χ4v) is 9.10. The minimum absolute atomic E-state index is 0. The zero-order chi connectivity index (χ0) is 24.1. The van der Waals surface area contributed by atoms with Crippen LogP contribution < -0.4 is 32.9 Å². The molecule has 188 valence electrons. The van der Waals surface area contributed by atoms with Crippen molar-refractivity contribution in [2.45, 2.75) is 5.66 Å². The first-order chi connectivity index (χ1) is 17.2. The number of aliphatic imine (C=N–C) groups is 2. The first kappa shape index (κ1) is 28.5. The number of carbonyl (C=O) groups excluding carboxylic acids is 1. The van der Waals surface area contributed by atoms with Crippen LogP contribution in [0.25, 0.3) is 0 Å².